The molecule has 1 fully saturated rings. The Balaban J connectivity index is 1.39. The summed E-state index contributed by atoms with van der Waals surface area (Å²) in [5, 5.41) is 21.3. The van der Waals surface area contributed by atoms with Crippen LogP contribution in [0.5, 0.6) is 0 Å². The molecule has 0 bridgehead atoms. The molecule has 0 aliphatic heterocycles. The SMILES string of the molecule is O=C(NC(Cc1ccccc1)C(O)C(=O)NC1CC1)c1cccnc1-n1cc2c(n1)CCCC2. The molecular formula is C26H29N5O3. The second-order valence-corrected chi connectivity index (χ2v) is 9.12. The molecule has 2 unspecified atom stereocenters. The Bertz CT molecular complexity index is 1150. The van der Waals surface area contributed by atoms with Gasteiger partial charge in [0, 0.05) is 18.4 Å². The highest BCUT2D eigenvalue weighted by molar-refractivity contribution is 5.97. The van der Waals surface area contributed by atoms with Crippen molar-refractivity contribution in [2.24, 2.45) is 0 Å². The summed E-state index contributed by atoms with van der Waals surface area (Å²) >= 11 is 0. The monoisotopic (exact) mass is 459 g/mol. The molecule has 2 amide bonds. The van der Waals surface area contributed by atoms with E-state index >= 15 is 0 Å². The standard InChI is InChI=1S/C26H29N5O3/c32-23(26(34)28-19-12-13-19)22(15-17-7-2-1-3-8-17)29-25(33)20-10-6-14-27-24(20)31-16-18-9-4-5-11-21(18)30-31/h1-3,6-8,10,14,16,19,22-23,32H,4-5,9,11-13,15H2,(H,28,34)(H,29,33). The molecule has 34 heavy (non-hydrogen) atoms. The molecule has 8 heteroatoms. The van der Waals surface area contributed by atoms with Crippen LogP contribution in [0.15, 0.2) is 54.9 Å². The van der Waals surface area contributed by atoms with Gasteiger partial charge in [-0.3, -0.25) is 9.59 Å². The molecule has 3 N–H and O–H groups in total. The van der Waals surface area contributed by atoms with Gasteiger partial charge in [-0.25, -0.2) is 9.67 Å². The maximum Gasteiger partial charge on any atom is 0.255 e. The van der Waals surface area contributed by atoms with Crippen LogP contribution in [0, 0.1) is 0 Å². The topological polar surface area (TPSA) is 109 Å². The number of hydrogen-bond acceptors (Lipinski definition) is 5. The molecule has 1 saturated carbocycles. The first-order valence-corrected chi connectivity index (χ1v) is 11.9. The summed E-state index contributed by atoms with van der Waals surface area (Å²) in [4.78, 5) is 30.4. The quantitative estimate of drug-likeness (QED) is 0.478. The van der Waals surface area contributed by atoms with Crippen LogP contribution in [-0.4, -0.2) is 49.9 Å². The molecule has 176 valence electrons. The Morgan fingerprint density at radius 3 is 2.65 bits per heavy atom. The number of pyridine rings is 1. The number of benzene rings is 1. The molecule has 1 aromatic carbocycles. The predicted octanol–water partition coefficient (Wildman–Crippen LogP) is 2.13. The summed E-state index contributed by atoms with van der Waals surface area (Å²) in [6.45, 7) is 0. The molecule has 2 aliphatic carbocycles. The number of carbonyl (C=O) groups excluding carboxylic acids is 2. The zero-order valence-corrected chi connectivity index (χ0v) is 19.0. The van der Waals surface area contributed by atoms with Crippen LogP contribution >= 0.6 is 0 Å². The number of nitrogens with one attached hydrogen (secondary N) is 2. The van der Waals surface area contributed by atoms with Crippen LogP contribution in [0.4, 0.5) is 0 Å². The first-order valence-electron chi connectivity index (χ1n) is 11.9. The lowest BCUT2D eigenvalue weighted by Crippen LogP contribution is -2.52. The Labute approximate surface area is 198 Å². The van der Waals surface area contributed by atoms with Crippen molar-refractivity contribution in [1.29, 1.82) is 0 Å². The number of aliphatic hydroxyl groups excluding tert-OH is 1. The highest BCUT2D eigenvalue weighted by Gasteiger charge is 2.33. The molecule has 5 rings (SSSR count). The fourth-order valence-corrected chi connectivity index (χ4v) is 4.39. The van der Waals surface area contributed by atoms with E-state index in [-0.39, 0.29) is 6.04 Å². The number of amides is 2. The first-order chi connectivity index (χ1) is 16.6. The lowest BCUT2D eigenvalue weighted by atomic mass is 9.99. The summed E-state index contributed by atoms with van der Waals surface area (Å²) in [6.07, 6.45) is 8.52. The summed E-state index contributed by atoms with van der Waals surface area (Å²) in [5.41, 5.74) is 3.50. The summed E-state index contributed by atoms with van der Waals surface area (Å²) < 4.78 is 1.67. The van der Waals surface area contributed by atoms with E-state index < -0.39 is 24.0 Å². The number of fused-ring (bicyclic) bond motifs is 1. The van der Waals surface area contributed by atoms with Crippen molar-refractivity contribution in [3.05, 3.63) is 77.2 Å². The van der Waals surface area contributed by atoms with E-state index in [4.69, 9.17) is 0 Å². The van der Waals surface area contributed by atoms with Crippen LogP contribution in [0.2, 0.25) is 0 Å². The molecule has 2 aliphatic rings. The fraction of sp³-hybridized carbons (Fsp3) is 0.385. The molecule has 0 saturated heterocycles. The van der Waals surface area contributed by atoms with E-state index in [0.29, 0.717) is 17.8 Å². The molecule has 0 spiro atoms. The predicted molar refractivity (Wildman–Crippen MR) is 127 cm³/mol. The number of aromatic nitrogens is 3. The highest BCUT2D eigenvalue weighted by Crippen LogP contribution is 2.22. The minimum Gasteiger partial charge on any atom is -0.381 e. The van der Waals surface area contributed by atoms with Gasteiger partial charge >= 0.3 is 0 Å². The van der Waals surface area contributed by atoms with E-state index in [9.17, 15) is 14.7 Å². The van der Waals surface area contributed by atoms with Crippen LogP contribution in [0.3, 0.4) is 0 Å². The number of rotatable bonds is 8. The minimum absolute atomic E-state index is 0.117. The molecule has 2 aromatic heterocycles. The second kappa shape index (κ2) is 9.77. The number of nitrogens with zero attached hydrogens (tertiary/aromatic N) is 3. The molecular weight excluding hydrogens is 430 g/mol. The van der Waals surface area contributed by atoms with E-state index in [1.165, 1.54) is 5.56 Å². The largest absolute Gasteiger partial charge is 0.381 e. The number of hydrogen-bond donors (Lipinski definition) is 3. The van der Waals surface area contributed by atoms with Crippen molar-refractivity contribution < 1.29 is 14.7 Å². The zero-order valence-electron chi connectivity index (χ0n) is 19.0. The van der Waals surface area contributed by atoms with Crippen LogP contribution in [0.1, 0.15) is 52.9 Å². The first kappa shape index (κ1) is 22.3. The normalized spacial score (nSPS) is 16.9. The van der Waals surface area contributed by atoms with Gasteiger partial charge in [-0.15, -0.1) is 0 Å². The summed E-state index contributed by atoms with van der Waals surface area (Å²) in [7, 11) is 0. The van der Waals surface area contributed by atoms with Gasteiger partial charge in [0.1, 0.15) is 0 Å². The molecule has 8 nitrogen and oxygen atoms in total. The van der Waals surface area contributed by atoms with Crippen LogP contribution in [-0.2, 0) is 24.1 Å². The highest BCUT2D eigenvalue weighted by atomic mass is 16.3. The van der Waals surface area contributed by atoms with Gasteiger partial charge in [0.05, 0.1) is 17.3 Å². The maximum atomic E-state index is 13.4. The van der Waals surface area contributed by atoms with Crippen LogP contribution < -0.4 is 10.6 Å². The van der Waals surface area contributed by atoms with Crippen LogP contribution in [0.25, 0.3) is 5.82 Å². The molecule has 3 aromatic rings. The Kier molecular flexibility index (Phi) is 6.40. The number of aliphatic hydroxyl groups is 1. The van der Waals surface area contributed by atoms with Gasteiger partial charge in [0.25, 0.3) is 11.8 Å². The maximum absolute atomic E-state index is 13.4. The van der Waals surface area contributed by atoms with Crippen molar-refractivity contribution in [3.63, 3.8) is 0 Å². The average molecular weight is 460 g/mol. The Morgan fingerprint density at radius 2 is 1.88 bits per heavy atom. The lowest BCUT2D eigenvalue weighted by molar-refractivity contribution is -0.130. The van der Waals surface area contributed by atoms with Gasteiger partial charge in [0.2, 0.25) is 0 Å². The smallest absolute Gasteiger partial charge is 0.255 e. The Morgan fingerprint density at radius 1 is 1.09 bits per heavy atom. The van der Waals surface area contributed by atoms with Gasteiger partial charge in [-0.05, 0) is 68.2 Å². The third-order valence-corrected chi connectivity index (χ3v) is 6.42. The minimum atomic E-state index is -1.37. The van der Waals surface area contributed by atoms with Gasteiger partial charge < -0.3 is 15.7 Å². The average Bonchev–Trinajstić information content (AvgIpc) is 3.57. The second-order valence-electron chi connectivity index (χ2n) is 9.12. The molecule has 0 radical (unpaired) electrons. The zero-order chi connectivity index (χ0) is 23.5. The summed E-state index contributed by atoms with van der Waals surface area (Å²) in [5.74, 6) is -0.435. The van der Waals surface area contributed by atoms with Gasteiger partial charge in [0.15, 0.2) is 11.9 Å². The Hall–Kier alpha value is -3.52. The van der Waals surface area contributed by atoms with Crippen molar-refractivity contribution in [3.8, 4) is 5.82 Å². The van der Waals surface area contributed by atoms with Crippen molar-refractivity contribution >= 4 is 11.8 Å². The number of aryl methyl sites for hydroxylation is 2. The van der Waals surface area contributed by atoms with E-state index in [1.807, 2.05) is 36.5 Å². The van der Waals surface area contributed by atoms with Crippen molar-refractivity contribution in [2.75, 3.05) is 0 Å². The van der Waals surface area contributed by atoms with E-state index in [1.54, 1.807) is 23.0 Å². The van der Waals surface area contributed by atoms with Crippen molar-refractivity contribution in [1.82, 2.24) is 25.4 Å². The van der Waals surface area contributed by atoms with Crippen molar-refractivity contribution in [2.45, 2.75) is 63.1 Å². The molecule has 2 atom stereocenters. The fourth-order valence-electron chi connectivity index (χ4n) is 4.39. The van der Waals surface area contributed by atoms with Gasteiger partial charge in [-0.2, -0.15) is 5.10 Å². The van der Waals surface area contributed by atoms with E-state index in [0.717, 1.165) is 49.8 Å². The third kappa shape index (κ3) is 5.02. The lowest BCUT2D eigenvalue weighted by Gasteiger charge is -2.24. The molecule has 2 heterocycles. The van der Waals surface area contributed by atoms with Gasteiger partial charge in [-0.1, -0.05) is 30.3 Å². The number of carbonyl (C=O) groups is 2. The summed E-state index contributed by atoms with van der Waals surface area (Å²) in [6, 6.07) is 12.2. The van der Waals surface area contributed by atoms with E-state index in [2.05, 4.69) is 20.7 Å². The third-order valence-electron chi connectivity index (χ3n) is 6.42.